The molecule has 1 aromatic carbocycles. The minimum Gasteiger partial charge on any atom is -0.360 e. The third-order valence-corrected chi connectivity index (χ3v) is 3.65. The van der Waals surface area contributed by atoms with Crippen molar-refractivity contribution in [3.05, 3.63) is 52.4 Å². The number of aromatic nitrogens is 1. The maximum atomic E-state index is 13.5. The van der Waals surface area contributed by atoms with E-state index in [2.05, 4.69) is 10.5 Å². The van der Waals surface area contributed by atoms with Crippen LogP contribution in [0.25, 0.3) is 0 Å². The van der Waals surface area contributed by atoms with Gasteiger partial charge >= 0.3 is 0 Å². The van der Waals surface area contributed by atoms with E-state index < -0.39 is 17.5 Å². The lowest BCUT2D eigenvalue weighted by molar-refractivity contribution is 0.0940. The number of nitrogens with zero attached hydrogens (tertiary/aromatic N) is 1. The molecular weight excluding hydrogens is 278 g/mol. The van der Waals surface area contributed by atoms with E-state index in [1.54, 1.807) is 0 Å². The van der Waals surface area contributed by atoms with Crippen LogP contribution in [0.1, 0.15) is 40.2 Å². The highest BCUT2D eigenvalue weighted by molar-refractivity contribution is 5.93. The molecular formula is C15H14F2N2O2. The molecule has 1 amide bonds. The highest BCUT2D eigenvalue weighted by Crippen LogP contribution is 2.24. The van der Waals surface area contributed by atoms with Gasteiger partial charge in [0.15, 0.2) is 5.69 Å². The number of halogens is 2. The van der Waals surface area contributed by atoms with Crippen molar-refractivity contribution in [2.45, 2.75) is 32.2 Å². The van der Waals surface area contributed by atoms with Crippen LogP contribution in [0, 0.1) is 11.6 Å². The van der Waals surface area contributed by atoms with Crippen LogP contribution in [0.4, 0.5) is 8.78 Å². The SMILES string of the molecule is O=C(NCc1c(F)cccc1F)c1noc2c1CCCC2. The quantitative estimate of drug-likeness (QED) is 0.946. The van der Waals surface area contributed by atoms with Gasteiger partial charge in [-0.15, -0.1) is 0 Å². The fourth-order valence-corrected chi connectivity index (χ4v) is 2.52. The maximum absolute atomic E-state index is 13.5. The number of hydrogen-bond donors (Lipinski definition) is 1. The van der Waals surface area contributed by atoms with Crippen molar-refractivity contribution in [1.29, 1.82) is 0 Å². The van der Waals surface area contributed by atoms with E-state index in [0.29, 0.717) is 0 Å². The first-order valence-electron chi connectivity index (χ1n) is 6.85. The monoisotopic (exact) mass is 292 g/mol. The second-order valence-electron chi connectivity index (χ2n) is 5.02. The Kier molecular flexibility index (Phi) is 3.68. The van der Waals surface area contributed by atoms with Crippen molar-refractivity contribution in [1.82, 2.24) is 10.5 Å². The average Bonchev–Trinajstić information content (AvgIpc) is 2.90. The number of nitrogens with one attached hydrogen (secondary N) is 1. The zero-order valence-electron chi connectivity index (χ0n) is 11.3. The first kappa shape index (κ1) is 13.7. The maximum Gasteiger partial charge on any atom is 0.274 e. The van der Waals surface area contributed by atoms with E-state index in [9.17, 15) is 13.6 Å². The third kappa shape index (κ3) is 2.66. The third-order valence-electron chi connectivity index (χ3n) is 3.65. The Hall–Kier alpha value is -2.24. The van der Waals surface area contributed by atoms with Crippen LogP contribution in [0.5, 0.6) is 0 Å². The average molecular weight is 292 g/mol. The molecule has 0 radical (unpaired) electrons. The lowest BCUT2D eigenvalue weighted by Gasteiger charge is -2.10. The highest BCUT2D eigenvalue weighted by atomic mass is 19.1. The molecule has 0 saturated carbocycles. The molecule has 0 saturated heterocycles. The molecule has 1 heterocycles. The van der Waals surface area contributed by atoms with E-state index in [-0.39, 0.29) is 17.8 Å². The summed E-state index contributed by atoms with van der Waals surface area (Å²) in [4.78, 5) is 12.1. The largest absolute Gasteiger partial charge is 0.360 e. The van der Waals surface area contributed by atoms with Gasteiger partial charge in [-0.3, -0.25) is 4.79 Å². The van der Waals surface area contributed by atoms with Gasteiger partial charge in [0.25, 0.3) is 5.91 Å². The van der Waals surface area contributed by atoms with Crippen LogP contribution in [0.3, 0.4) is 0 Å². The molecule has 0 atom stereocenters. The summed E-state index contributed by atoms with van der Waals surface area (Å²) in [5.41, 5.74) is 0.873. The Morgan fingerprint density at radius 3 is 2.71 bits per heavy atom. The molecule has 110 valence electrons. The van der Waals surface area contributed by atoms with Gasteiger partial charge in [-0.2, -0.15) is 0 Å². The van der Waals surface area contributed by atoms with Crippen LogP contribution < -0.4 is 5.32 Å². The van der Waals surface area contributed by atoms with Gasteiger partial charge in [-0.05, 0) is 31.4 Å². The number of hydrogen-bond acceptors (Lipinski definition) is 3. The van der Waals surface area contributed by atoms with E-state index in [1.807, 2.05) is 0 Å². The first-order chi connectivity index (χ1) is 10.2. The van der Waals surface area contributed by atoms with Gasteiger partial charge in [0, 0.05) is 24.1 Å². The second kappa shape index (κ2) is 5.63. The minimum atomic E-state index is -0.683. The molecule has 2 aromatic rings. The van der Waals surface area contributed by atoms with Crippen molar-refractivity contribution in [3.8, 4) is 0 Å². The molecule has 3 rings (SSSR count). The number of carbonyl (C=O) groups is 1. The standard InChI is InChI=1S/C15H14F2N2O2/c16-11-5-3-6-12(17)10(11)8-18-15(20)14-9-4-1-2-7-13(9)21-19-14/h3,5-6H,1-2,4,7-8H2,(H,18,20). The summed E-state index contributed by atoms with van der Waals surface area (Å²) in [6, 6.07) is 3.59. The Bertz CT molecular complexity index is 662. The number of fused-ring (bicyclic) bond motifs is 1. The highest BCUT2D eigenvalue weighted by Gasteiger charge is 2.24. The number of amides is 1. The van der Waals surface area contributed by atoms with Gasteiger partial charge in [0.05, 0.1) is 0 Å². The summed E-state index contributed by atoms with van der Waals surface area (Å²) >= 11 is 0. The number of benzene rings is 1. The zero-order valence-corrected chi connectivity index (χ0v) is 11.3. The zero-order chi connectivity index (χ0) is 14.8. The van der Waals surface area contributed by atoms with Crippen LogP contribution in [-0.2, 0) is 19.4 Å². The van der Waals surface area contributed by atoms with E-state index in [0.717, 1.165) is 49.1 Å². The number of carbonyl (C=O) groups excluding carboxylic acids is 1. The van der Waals surface area contributed by atoms with Crippen LogP contribution in [0.2, 0.25) is 0 Å². The normalized spacial score (nSPS) is 13.8. The van der Waals surface area contributed by atoms with Crippen LogP contribution in [0.15, 0.2) is 22.7 Å². The molecule has 1 aliphatic rings. The number of aryl methyl sites for hydroxylation is 1. The second-order valence-corrected chi connectivity index (χ2v) is 5.02. The summed E-state index contributed by atoms with van der Waals surface area (Å²) < 4.78 is 32.1. The molecule has 0 spiro atoms. The molecule has 0 aliphatic heterocycles. The van der Waals surface area contributed by atoms with Crippen molar-refractivity contribution >= 4 is 5.91 Å². The minimum absolute atomic E-state index is 0.164. The Morgan fingerprint density at radius 1 is 1.24 bits per heavy atom. The smallest absolute Gasteiger partial charge is 0.274 e. The predicted octanol–water partition coefficient (Wildman–Crippen LogP) is 2.76. The summed E-state index contributed by atoms with van der Waals surface area (Å²) in [5, 5.41) is 6.27. The molecule has 0 unspecified atom stereocenters. The first-order valence-corrected chi connectivity index (χ1v) is 6.85. The lowest BCUT2D eigenvalue weighted by Crippen LogP contribution is -2.25. The van der Waals surface area contributed by atoms with Crippen molar-refractivity contribution in [2.24, 2.45) is 0 Å². The molecule has 6 heteroatoms. The van der Waals surface area contributed by atoms with Gasteiger partial charge in [-0.1, -0.05) is 11.2 Å². The molecule has 1 aliphatic carbocycles. The number of rotatable bonds is 3. The molecule has 21 heavy (non-hydrogen) atoms. The molecule has 1 N–H and O–H groups in total. The van der Waals surface area contributed by atoms with Crippen LogP contribution in [-0.4, -0.2) is 11.1 Å². The summed E-state index contributed by atoms with van der Waals surface area (Å²) in [6.45, 7) is -0.223. The lowest BCUT2D eigenvalue weighted by atomic mass is 9.96. The molecule has 4 nitrogen and oxygen atoms in total. The summed E-state index contributed by atoms with van der Waals surface area (Å²) in [6.07, 6.45) is 3.52. The van der Waals surface area contributed by atoms with E-state index >= 15 is 0 Å². The molecule has 0 bridgehead atoms. The Labute approximate surface area is 120 Å². The Balaban J connectivity index is 1.74. The van der Waals surface area contributed by atoms with Crippen LogP contribution >= 0.6 is 0 Å². The fourth-order valence-electron chi connectivity index (χ4n) is 2.52. The van der Waals surface area contributed by atoms with E-state index in [1.165, 1.54) is 6.07 Å². The van der Waals surface area contributed by atoms with Gasteiger partial charge < -0.3 is 9.84 Å². The summed E-state index contributed by atoms with van der Waals surface area (Å²) in [7, 11) is 0. The summed E-state index contributed by atoms with van der Waals surface area (Å²) in [5.74, 6) is -1.09. The topological polar surface area (TPSA) is 55.1 Å². The van der Waals surface area contributed by atoms with Crippen molar-refractivity contribution in [2.75, 3.05) is 0 Å². The van der Waals surface area contributed by atoms with Gasteiger partial charge in [-0.25, -0.2) is 8.78 Å². The van der Waals surface area contributed by atoms with E-state index in [4.69, 9.17) is 4.52 Å². The molecule has 0 fully saturated rings. The predicted molar refractivity (Wildman–Crippen MR) is 70.7 cm³/mol. The van der Waals surface area contributed by atoms with Crippen molar-refractivity contribution < 1.29 is 18.1 Å². The molecule has 1 aromatic heterocycles. The fraction of sp³-hybridized carbons (Fsp3) is 0.333. The van der Waals surface area contributed by atoms with Crippen molar-refractivity contribution in [3.63, 3.8) is 0 Å². The van der Waals surface area contributed by atoms with Gasteiger partial charge in [0.2, 0.25) is 0 Å². The van der Waals surface area contributed by atoms with Gasteiger partial charge in [0.1, 0.15) is 17.4 Å². The Morgan fingerprint density at radius 2 is 1.95 bits per heavy atom.